The predicted octanol–water partition coefficient (Wildman–Crippen LogP) is 3.63. The van der Waals surface area contributed by atoms with Crippen LogP contribution in [0.1, 0.15) is 37.1 Å². The fourth-order valence-corrected chi connectivity index (χ4v) is 5.72. The minimum absolute atomic E-state index is 0.0170. The second kappa shape index (κ2) is 9.46. The summed E-state index contributed by atoms with van der Waals surface area (Å²) in [4.78, 5) is 7.89. The molecule has 0 aliphatic heterocycles. The number of alkyl halides is 3. The molecule has 1 saturated carbocycles. The fraction of sp³-hybridized carbons (Fsp3) is 0.409. The minimum atomic E-state index is -4.53. The van der Waals surface area contributed by atoms with Crippen molar-refractivity contribution in [1.29, 1.82) is 0 Å². The van der Waals surface area contributed by atoms with E-state index in [0.717, 1.165) is 5.56 Å². The van der Waals surface area contributed by atoms with Gasteiger partial charge in [0.05, 0.1) is 28.4 Å². The van der Waals surface area contributed by atoms with Crippen molar-refractivity contribution in [2.24, 2.45) is 0 Å². The molecule has 13 heteroatoms. The summed E-state index contributed by atoms with van der Waals surface area (Å²) in [5.41, 5.74) is 6.98. The van der Waals surface area contributed by atoms with Gasteiger partial charge in [-0.1, -0.05) is 22.9 Å². The number of aryl methyl sites for hydroxylation is 1. The summed E-state index contributed by atoms with van der Waals surface area (Å²) in [5, 5.41) is 13.3. The van der Waals surface area contributed by atoms with Gasteiger partial charge in [0, 0.05) is 6.04 Å². The molecule has 0 spiro atoms. The van der Waals surface area contributed by atoms with Crippen LogP contribution in [0.4, 0.5) is 24.7 Å². The molecule has 35 heavy (non-hydrogen) atoms. The van der Waals surface area contributed by atoms with Crippen LogP contribution in [0.25, 0.3) is 11.5 Å². The largest absolute Gasteiger partial charge is 0.396 e. The molecule has 0 bridgehead atoms. The van der Waals surface area contributed by atoms with Gasteiger partial charge in [-0.25, -0.2) is 13.4 Å². The predicted molar refractivity (Wildman–Crippen MR) is 121 cm³/mol. The number of anilines is 2. The van der Waals surface area contributed by atoms with E-state index in [2.05, 4.69) is 15.1 Å². The second-order valence-corrected chi connectivity index (χ2v) is 10.3. The number of nitrogens with zero attached hydrogens (tertiary/aromatic N) is 4. The lowest BCUT2D eigenvalue weighted by molar-refractivity contribution is -0.128. The van der Waals surface area contributed by atoms with Crippen LogP contribution in [0.3, 0.4) is 0 Å². The number of rotatable bonds is 6. The van der Waals surface area contributed by atoms with E-state index < -0.39 is 40.6 Å². The van der Waals surface area contributed by atoms with Crippen LogP contribution in [0.2, 0.25) is 0 Å². The molecule has 0 saturated heterocycles. The van der Waals surface area contributed by atoms with Gasteiger partial charge in [-0.2, -0.15) is 18.2 Å². The Morgan fingerprint density at radius 1 is 1.17 bits per heavy atom. The zero-order valence-electron chi connectivity index (χ0n) is 18.7. The number of pyridine rings is 1. The van der Waals surface area contributed by atoms with Crippen molar-refractivity contribution in [1.82, 2.24) is 15.1 Å². The third-order valence-corrected chi connectivity index (χ3v) is 7.69. The Kier molecular flexibility index (Phi) is 6.73. The van der Waals surface area contributed by atoms with Crippen LogP contribution >= 0.6 is 0 Å². The monoisotopic (exact) mass is 511 g/mol. The maximum absolute atomic E-state index is 13.7. The zero-order chi connectivity index (χ0) is 25.4. The van der Waals surface area contributed by atoms with Crippen LogP contribution in [0.5, 0.6) is 0 Å². The number of hydrogen-bond donors (Lipinski definition) is 2. The molecule has 2 aromatic heterocycles. The topological polar surface area (TPSA) is 135 Å². The van der Waals surface area contributed by atoms with E-state index in [1.54, 1.807) is 12.1 Å². The van der Waals surface area contributed by atoms with Crippen LogP contribution in [0, 0.1) is 6.92 Å². The first kappa shape index (κ1) is 24.9. The first-order valence-electron chi connectivity index (χ1n) is 10.9. The smallest absolute Gasteiger partial charge is 0.393 e. The van der Waals surface area contributed by atoms with E-state index in [1.807, 2.05) is 6.92 Å². The molecular formula is C22H24F3N5O4S. The highest BCUT2D eigenvalue weighted by Gasteiger charge is 2.35. The van der Waals surface area contributed by atoms with E-state index in [0.29, 0.717) is 25.7 Å². The Labute approximate surface area is 199 Å². The summed E-state index contributed by atoms with van der Waals surface area (Å²) < 4.78 is 71.8. The van der Waals surface area contributed by atoms with E-state index in [4.69, 9.17) is 10.3 Å². The number of nitrogen functional groups attached to an aromatic ring is 1. The molecule has 4 rings (SSSR count). The Morgan fingerprint density at radius 2 is 1.83 bits per heavy atom. The van der Waals surface area contributed by atoms with Crippen molar-refractivity contribution >= 4 is 21.5 Å². The zero-order valence-corrected chi connectivity index (χ0v) is 19.6. The molecule has 1 aliphatic rings. The van der Waals surface area contributed by atoms with Crippen molar-refractivity contribution in [2.45, 2.75) is 62.2 Å². The molecule has 2 heterocycles. The Morgan fingerprint density at radius 3 is 2.46 bits per heavy atom. The average Bonchev–Trinajstić information content (AvgIpc) is 3.23. The average molecular weight is 512 g/mol. The number of hydrogen-bond acceptors (Lipinski definition) is 8. The Balaban J connectivity index is 1.77. The third kappa shape index (κ3) is 5.56. The highest BCUT2D eigenvalue weighted by atomic mass is 32.2. The number of halogens is 3. The van der Waals surface area contributed by atoms with E-state index in [1.165, 1.54) is 28.7 Å². The normalized spacial score (nSPS) is 19.0. The van der Waals surface area contributed by atoms with Crippen molar-refractivity contribution in [3.63, 3.8) is 0 Å². The lowest BCUT2D eigenvalue weighted by atomic mass is 9.93. The summed E-state index contributed by atoms with van der Waals surface area (Å²) in [6.45, 7) is 1.84. The molecule has 0 radical (unpaired) electrons. The molecule has 0 atom stereocenters. The maximum atomic E-state index is 13.7. The fourth-order valence-electron chi connectivity index (χ4n) is 4.03. The number of aliphatic hydroxyl groups is 1. The van der Waals surface area contributed by atoms with Gasteiger partial charge >= 0.3 is 6.18 Å². The van der Waals surface area contributed by atoms with Crippen LogP contribution in [0.15, 0.2) is 45.9 Å². The molecule has 1 aromatic carbocycles. The van der Waals surface area contributed by atoms with Gasteiger partial charge < -0.3 is 15.4 Å². The second-order valence-electron chi connectivity index (χ2n) is 8.51. The molecule has 3 N–H and O–H groups in total. The molecule has 0 unspecified atom stereocenters. The highest BCUT2D eigenvalue weighted by Crippen LogP contribution is 2.36. The molecule has 3 aromatic rings. The van der Waals surface area contributed by atoms with E-state index in [-0.39, 0.29) is 27.9 Å². The number of aromatic nitrogens is 3. The lowest BCUT2D eigenvalue weighted by Crippen LogP contribution is -2.43. The Hall–Kier alpha value is -3.19. The Bertz CT molecular complexity index is 1290. The first-order chi connectivity index (χ1) is 16.4. The lowest BCUT2D eigenvalue weighted by Gasteiger charge is -2.36. The SMILES string of the molecule is Cc1ccc(S(=O)(=O)N(c2cnc(N)c(-c3nc(CC(F)(F)F)no3)c2)C2CCC(O)CC2)cc1. The highest BCUT2D eigenvalue weighted by molar-refractivity contribution is 7.92. The van der Waals surface area contributed by atoms with Gasteiger partial charge in [0.15, 0.2) is 5.82 Å². The summed E-state index contributed by atoms with van der Waals surface area (Å²) >= 11 is 0. The van der Waals surface area contributed by atoms with Crippen LogP contribution in [-0.4, -0.2) is 47.0 Å². The van der Waals surface area contributed by atoms with E-state index >= 15 is 0 Å². The summed E-state index contributed by atoms with van der Waals surface area (Å²) in [7, 11) is -4.06. The quantitative estimate of drug-likeness (QED) is 0.512. The van der Waals surface area contributed by atoms with Crippen LogP contribution in [-0.2, 0) is 16.4 Å². The van der Waals surface area contributed by atoms with Crippen LogP contribution < -0.4 is 10.0 Å². The van der Waals surface area contributed by atoms with Gasteiger partial charge in [-0.05, 0) is 50.8 Å². The van der Waals surface area contributed by atoms with Gasteiger partial charge in [0.1, 0.15) is 12.2 Å². The maximum Gasteiger partial charge on any atom is 0.396 e. The first-order valence-corrected chi connectivity index (χ1v) is 12.3. The number of nitrogens with two attached hydrogens (primary N) is 1. The standard InChI is InChI=1S/C22H24F3N5O4S/c1-13-2-8-17(9-3-13)35(32,33)30(14-4-6-16(31)7-5-14)15-10-18(20(26)27-12-15)21-28-19(29-34-21)11-22(23,24)25/h2-3,8-10,12,14,16,31H,4-7,11H2,1H3,(H2,26,27). The van der Waals surface area contributed by atoms with Crippen molar-refractivity contribution < 1.29 is 31.2 Å². The third-order valence-electron chi connectivity index (χ3n) is 5.79. The molecule has 1 fully saturated rings. The van der Waals surface area contributed by atoms with Gasteiger partial charge in [-0.3, -0.25) is 4.31 Å². The summed E-state index contributed by atoms with van der Waals surface area (Å²) in [6.07, 6.45) is -3.50. The molecule has 9 nitrogen and oxygen atoms in total. The van der Waals surface area contributed by atoms with E-state index in [9.17, 15) is 26.7 Å². The number of sulfonamides is 1. The number of aliphatic hydroxyl groups excluding tert-OH is 1. The van der Waals surface area contributed by atoms with Crippen molar-refractivity contribution in [3.8, 4) is 11.5 Å². The number of benzene rings is 1. The van der Waals surface area contributed by atoms with Crippen molar-refractivity contribution in [3.05, 3.63) is 47.9 Å². The molecule has 0 amide bonds. The van der Waals surface area contributed by atoms with Gasteiger partial charge in [0.25, 0.3) is 15.9 Å². The summed E-state index contributed by atoms with van der Waals surface area (Å²) in [6, 6.07) is 7.26. The van der Waals surface area contributed by atoms with Crippen molar-refractivity contribution in [2.75, 3.05) is 10.0 Å². The van der Waals surface area contributed by atoms with Gasteiger partial charge in [-0.15, -0.1) is 0 Å². The molecular weight excluding hydrogens is 487 g/mol. The minimum Gasteiger partial charge on any atom is -0.393 e. The summed E-state index contributed by atoms with van der Waals surface area (Å²) in [5.74, 6) is -0.992. The van der Waals surface area contributed by atoms with Gasteiger partial charge in [0.2, 0.25) is 0 Å². The molecule has 188 valence electrons. The molecule has 1 aliphatic carbocycles.